The van der Waals surface area contributed by atoms with Crippen LogP contribution in [-0.4, -0.2) is 28.5 Å². The first kappa shape index (κ1) is 19.8. The van der Waals surface area contributed by atoms with Crippen molar-refractivity contribution in [2.24, 2.45) is 0 Å². The van der Waals surface area contributed by atoms with Crippen LogP contribution in [0.5, 0.6) is 0 Å². The molecule has 0 saturated carbocycles. The van der Waals surface area contributed by atoms with Gasteiger partial charge in [-0.2, -0.15) is 0 Å². The van der Waals surface area contributed by atoms with E-state index in [1.54, 1.807) is 20.8 Å². The van der Waals surface area contributed by atoms with Gasteiger partial charge >= 0.3 is 11.9 Å². The Balaban J connectivity index is 1.70. The fourth-order valence-electron chi connectivity index (χ4n) is 2.88. The maximum atomic E-state index is 12.5. The second-order valence-corrected chi connectivity index (χ2v) is 7.29. The van der Waals surface area contributed by atoms with Crippen LogP contribution in [0.15, 0.2) is 29.6 Å². The number of nitrogens with one attached hydrogen (secondary N) is 1. The van der Waals surface area contributed by atoms with Crippen molar-refractivity contribution in [3.8, 4) is 10.6 Å². The predicted octanol–water partition coefficient (Wildman–Crippen LogP) is 4.60. The average molecular weight is 398 g/mol. The number of H-pyrrole nitrogens is 1. The molecule has 0 spiro atoms. The number of esters is 2. The summed E-state index contributed by atoms with van der Waals surface area (Å²) in [7, 11) is 0. The lowest BCUT2D eigenvalue weighted by Gasteiger charge is -2.04. The molecule has 0 bridgehead atoms. The monoisotopic (exact) mass is 398 g/mol. The number of carbonyl (C=O) groups is 2. The van der Waals surface area contributed by atoms with Gasteiger partial charge in [0, 0.05) is 16.6 Å². The molecule has 0 saturated heterocycles. The van der Waals surface area contributed by atoms with Gasteiger partial charge in [-0.25, -0.2) is 14.6 Å². The van der Waals surface area contributed by atoms with Crippen LogP contribution < -0.4 is 0 Å². The lowest BCUT2D eigenvalue weighted by molar-refractivity contribution is 0.0467. The van der Waals surface area contributed by atoms with Crippen molar-refractivity contribution in [3.63, 3.8) is 0 Å². The quantitative estimate of drug-likeness (QED) is 0.614. The zero-order valence-electron chi connectivity index (χ0n) is 16.3. The minimum Gasteiger partial charge on any atom is -0.461 e. The van der Waals surface area contributed by atoms with E-state index in [4.69, 9.17) is 9.47 Å². The second kappa shape index (κ2) is 8.39. The molecule has 0 fully saturated rings. The first-order valence-corrected chi connectivity index (χ1v) is 9.83. The number of thiazole rings is 1. The highest BCUT2D eigenvalue weighted by atomic mass is 32.1. The summed E-state index contributed by atoms with van der Waals surface area (Å²) in [6, 6.07) is 8.12. The summed E-state index contributed by atoms with van der Waals surface area (Å²) in [6.45, 7) is 7.53. The van der Waals surface area contributed by atoms with Gasteiger partial charge in [-0.15, -0.1) is 11.3 Å². The molecule has 7 heteroatoms. The summed E-state index contributed by atoms with van der Waals surface area (Å²) in [6.07, 6.45) is 0. The summed E-state index contributed by atoms with van der Waals surface area (Å²) in [5.74, 6) is -0.976. The summed E-state index contributed by atoms with van der Waals surface area (Å²) in [4.78, 5) is 32.0. The highest BCUT2D eigenvalue weighted by Crippen LogP contribution is 2.25. The Morgan fingerprint density at radius 3 is 2.46 bits per heavy atom. The molecule has 3 aromatic rings. The number of hydrogen-bond donors (Lipinski definition) is 1. The van der Waals surface area contributed by atoms with Gasteiger partial charge in [0.2, 0.25) is 0 Å². The van der Waals surface area contributed by atoms with Crippen molar-refractivity contribution in [1.29, 1.82) is 0 Å². The van der Waals surface area contributed by atoms with Crippen LogP contribution in [-0.2, 0) is 16.1 Å². The number of nitrogens with zero attached hydrogens (tertiary/aromatic N) is 1. The largest absolute Gasteiger partial charge is 0.461 e. The molecule has 28 heavy (non-hydrogen) atoms. The first-order chi connectivity index (χ1) is 13.4. The third kappa shape index (κ3) is 4.14. The Bertz CT molecular complexity index is 1000. The minimum absolute atomic E-state index is 0.0694. The number of carbonyl (C=O) groups excluding carboxylic acids is 2. The molecule has 0 aliphatic rings. The van der Waals surface area contributed by atoms with E-state index in [0.29, 0.717) is 22.5 Å². The Hall–Kier alpha value is -2.93. The molecule has 3 rings (SSSR count). The zero-order chi connectivity index (χ0) is 20.3. The van der Waals surface area contributed by atoms with Crippen LogP contribution in [0.3, 0.4) is 0 Å². The van der Waals surface area contributed by atoms with E-state index < -0.39 is 11.9 Å². The number of aromatic amines is 1. The Kier molecular flexibility index (Phi) is 5.94. The molecule has 0 aliphatic heterocycles. The van der Waals surface area contributed by atoms with Gasteiger partial charge in [0.15, 0.2) is 0 Å². The molecule has 146 valence electrons. The molecule has 0 unspecified atom stereocenters. The SMILES string of the molecule is CCOC(=O)c1[nH]c(C)c(C(=O)OCc2csc(-c3ccc(C)cc3)n2)c1C. The number of hydrogen-bond acceptors (Lipinski definition) is 6. The fraction of sp³-hybridized carbons (Fsp3) is 0.286. The van der Waals surface area contributed by atoms with Gasteiger partial charge in [0.1, 0.15) is 17.3 Å². The molecule has 1 N–H and O–H groups in total. The highest BCUT2D eigenvalue weighted by molar-refractivity contribution is 7.13. The Morgan fingerprint density at radius 2 is 1.79 bits per heavy atom. The van der Waals surface area contributed by atoms with Crippen molar-refractivity contribution >= 4 is 23.3 Å². The van der Waals surface area contributed by atoms with Crippen LogP contribution in [0.4, 0.5) is 0 Å². The number of rotatable bonds is 6. The average Bonchev–Trinajstić information content (AvgIpc) is 3.25. The minimum atomic E-state index is -0.494. The van der Waals surface area contributed by atoms with Crippen LogP contribution >= 0.6 is 11.3 Å². The predicted molar refractivity (Wildman–Crippen MR) is 108 cm³/mol. The number of ether oxygens (including phenoxy) is 2. The van der Waals surface area contributed by atoms with Crippen LogP contribution in [0.1, 0.15) is 50.3 Å². The molecule has 2 heterocycles. The van der Waals surface area contributed by atoms with Gasteiger partial charge in [-0.05, 0) is 33.3 Å². The first-order valence-electron chi connectivity index (χ1n) is 8.95. The number of benzene rings is 1. The van der Waals surface area contributed by atoms with Crippen molar-refractivity contribution in [2.75, 3.05) is 6.61 Å². The number of aromatic nitrogens is 2. The lowest BCUT2D eigenvalue weighted by atomic mass is 10.1. The molecule has 2 aromatic heterocycles. The molecular formula is C21H22N2O4S. The molecule has 0 atom stereocenters. The van der Waals surface area contributed by atoms with Crippen molar-refractivity contribution in [3.05, 3.63) is 63.4 Å². The maximum absolute atomic E-state index is 12.5. The molecule has 6 nitrogen and oxygen atoms in total. The van der Waals surface area contributed by atoms with Crippen molar-refractivity contribution in [2.45, 2.75) is 34.3 Å². The van der Waals surface area contributed by atoms with E-state index in [9.17, 15) is 9.59 Å². The van der Waals surface area contributed by atoms with Gasteiger partial charge in [0.25, 0.3) is 0 Å². The van der Waals surface area contributed by atoms with Gasteiger partial charge in [-0.3, -0.25) is 0 Å². The van der Waals surface area contributed by atoms with E-state index in [0.717, 1.165) is 10.6 Å². The van der Waals surface area contributed by atoms with Crippen LogP contribution in [0.2, 0.25) is 0 Å². The van der Waals surface area contributed by atoms with E-state index in [1.807, 2.05) is 36.6 Å². The van der Waals surface area contributed by atoms with Gasteiger partial charge < -0.3 is 14.5 Å². The van der Waals surface area contributed by atoms with Crippen LogP contribution in [0.25, 0.3) is 10.6 Å². The van der Waals surface area contributed by atoms with Gasteiger partial charge in [-0.1, -0.05) is 29.8 Å². The van der Waals surface area contributed by atoms with Crippen LogP contribution in [0, 0.1) is 20.8 Å². The molecule has 0 aliphatic carbocycles. The van der Waals surface area contributed by atoms with E-state index in [-0.39, 0.29) is 18.9 Å². The summed E-state index contributed by atoms with van der Waals surface area (Å²) < 4.78 is 10.4. The Labute approximate surface area is 167 Å². The molecule has 1 aromatic carbocycles. The molecular weight excluding hydrogens is 376 g/mol. The molecule has 0 radical (unpaired) electrons. The van der Waals surface area contributed by atoms with E-state index >= 15 is 0 Å². The smallest absolute Gasteiger partial charge is 0.355 e. The second-order valence-electron chi connectivity index (χ2n) is 6.43. The third-order valence-electron chi connectivity index (χ3n) is 4.32. The topological polar surface area (TPSA) is 81.3 Å². The zero-order valence-corrected chi connectivity index (χ0v) is 17.1. The van der Waals surface area contributed by atoms with Gasteiger partial charge in [0.05, 0.1) is 17.9 Å². The normalized spacial score (nSPS) is 10.7. The molecule has 0 amide bonds. The summed E-state index contributed by atoms with van der Waals surface area (Å²) in [5, 5.41) is 2.76. The van der Waals surface area contributed by atoms with E-state index in [1.165, 1.54) is 16.9 Å². The highest BCUT2D eigenvalue weighted by Gasteiger charge is 2.24. The third-order valence-corrected chi connectivity index (χ3v) is 5.26. The van der Waals surface area contributed by atoms with Crippen molar-refractivity contribution < 1.29 is 19.1 Å². The Morgan fingerprint density at radius 1 is 1.07 bits per heavy atom. The summed E-state index contributed by atoms with van der Waals surface area (Å²) >= 11 is 1.51. The fourth-order valence-corrected chi connectivity index (χ4v) is 3.69. The van der Waals surface area contributed by atoms with E-state index in [2.05, 4.69) is 9.97 Å². The van der Waals surface area contributed by atoms with Crippen molar-refractivity contribution in [1.82, 2.24) is 9.97 Å². The standard InChI is InChI=1S/C21H22N2O4S/c1-5-26-21(25)18-13(3)17(14(4)22-18)20(24)27-10-16-11-28-19(23-16)15-8-6-12(2)7-9-15/h6-9,11,22H,5,10H2,1-4H3. The number of aryl methyl sites for hydroxylation is 2. The summed E-state index contributed by atoms with van der Waals surface area (Å²) in [5.41, 5.74) is 4.64. The maximum Gasteiger partial charge on any atom is 0.355 e. The lowest BCUT2D eigenvalue weighted by Crippen LogP contribution is -2.09.